The largest absolute Gasteiger partial charge is 0.460 e. The molecule has 4 heteroatoms. The molecule has 122 valence electrons. The topological polar surface area (TPSA) is 26.3 Å². The lowest BCUT2D eigenvalue weighted by molar-refractivity contribution is -0.144. The predicted octanol–water partition coefficient (Wildman–Crippen LogP) is 4.31. The first kappa shape index (κ1) is 16.9. The van der Waals surface area contributed by atoms with E-state index in [1.807, 2.05) is 29.6 Å². The molecule has 24 heavy (non-hydrogen) atoms. The first-order chi connectivity index (χ1) is 11.8. The van der Waals surface area contributed by atoms with Gasteiger partial charge in [0.2, 0.25) is 0 Å². The van der Waals surface area contributed by atoms with Gasteiger partial charge in [0.25, 0.3) is 0 Å². The Labute approximate surface area is 147 Å². The van der Waals surface area contributed by atoms with E-state index in [9.17, 15) is 4.79 Å². The van der Waals surface area contributed by atoms with Crippen LogP contribution in [0.15, 0.2) is 78.2 Å². The number of rotatable bonds is 7. The van der Waals surface area contributed by atoms with E-state index in [0.717, 1.165) is 11.0 Å². The average molecular weight is 354 g/mol. The van der Waals surface area contributed by atoms with Crippen LogP contribution < -0.4 is 10.6 Å². The van der Waals surface area contributed by atoms with Gasteiger partial charge in [-0.05, 0) is 36.1 Å². The summed E-state index contributed by atoms with van der Waals surface area (Å²) in [6.07, 6.45) is 1.26. The zero-order valence-electron chi connectivity index (χ0n) is 13.3. The van der Waals surface area contributed by atoms with Gasteiger partial charge in [-0.15, -0.1) is 11.3 Å². The highest BCUT2D eigenvalue weighted by Gasteiger charge is 2.15. The van der Waals surface area contributed by atoms with Crippen LogP contribution >= 0.6 is 19.3 Å². The minimum atomic E-state index is -0.537. The van der Waals surface area contributed by atoms with Crippen molar-refractivity contribution in [2.75, 3.05) is 6.16 Å². The summed E-state index contributed by atoms with van der Waals surface area (Å²) in [5, 5.41) is 4.59. The Hall–Kier alpha value is -1.96. The minimum Gasteiger partial charge on any atom is -0.460 e. The maximum Gasteiger partial charge on any atom is 0.306 e. The first-order valence-electron chi connectivity index (χ1n) is 7.88. The fraction of sp³-hybridized carbons (Fsp3) is 0.150. The van der Waals surface area contributed by atoms with Crippen LogP contribution in [0.5, 0.6) is 0 Å². The molecule has 0 aliphatic heterocycles. The predicted molar refractivity (Wildman–Crippen MR) is 103 cm³/mol. The number of hydrogen-bond donors (Lipinski definition) is 0. The molecule has 0 aliphatic carbocycles. The Morgan fingerprint density at radius 2 is 1.50 bits per heavy atom. The van der Waals surface area contributed by atoms with Crippen molar-refractivity contribution in [2.24, 2.45) is 0 Å². The number of benzene rings is 2. The van der Waals surface area contributed by atoms with Gasteiger partial charge >= 0.3 is 5.97 Å². The summed E-state index contributed by atoms with van der Waals surface area (Å²) in [5.41, 5.74) is 0. The van der Waals surface area contributed by atoms with Gasteiger partial charge in [0.15, 0.2) is 0 Å². The summed E-state index contributed by atoms with van der Waals surface area (Å²) in [6, 6.07) is 24.8. The molecule has 0 saturated carbocycles. The smallest absolute Gasteiger partial charge is 0.306 e. The van der Waals surface area contributed by atoms with E-state index in [0.29, 0.717) is 13.0 Å². The zero-order chi connectivity index (χ0) is 16.6. The van der Waals surface area contributed by atoms with Crippen molar-refractivity contribution in [2.45, 2.75) is 13.0 Å². The molecular formula is C20H19O2PS. The Morgan fingerprint density at radius 1 is 0.875 bits per heavy atom. The second-order valence-electron chi connectivity index (χ2n) is 5.31. The van der Waals surface area contributed by atoms with Gasteiger partial charge in [-0.2, -0.15) is 0 Å². The average Bonchev–Trinajstić information content (AvgIpc) is 3.16. The maximum absolute atomic E-state index is 12.1. The van der Waals surface area contributed by atoms with Crippen LogP contribution in [-0.4, -0.2) is 12.1 Å². The van der Waals surface area contributed by atoms with E-state index in [2.05, 4.69) is 48.5 Å². The molecular weight excluding hydrogens is 335 g/mol. The number of carbonyl (C=O) groups is 1. The number of ether oxygens (including phenoxy) is 1. The van der Waals surface area contributed by atoms with Crippen LogP contribution in [0.1, 0.15) is 11.3 Å². The molecule has 2 nitrogen and oxygen atoms in total. The normalized spacial score (nSPS) is 10.7. The SMILES string of the molecule is O=C(CCP(c1ccccc1)c1ccccc1)OCc1cccs1. The third kappa shape index (κ3) is 4.77. The lowest BCUT2D eigenvalue weighted by atomic mass is 10.4. The van der Waals surface area contributed by atoms with Gasteiger partial charge in [0, 0.05) is 4.88 Å². The molecule has 0 saturated heterocycles. The van der Waals surface area contributed by atoms with Gasteiger partial charge in [-0.25, -0.2) is 0 Å². The highest BCUT2D eigenvalue weighted by Crippen LogP contribution is 2.34. The van der Waals surface area contributed by atoms with E-state index in [4.69, 9.17) is 4.74 Å². The van der Waals surface area contributed by atoms with Crippen molar-refractivity contribution in [3.05, 3.63) is 83.1 Å². The summed E-state index contributed by atoms with van der Waals surface area (Å²) in [6.45, 7) is 0.380. The van der Waals surface area contributed by atoms with Gasteiger partial charge in [-0.3, -0.25) is 4.79 Å². The maximum atomic E-state index is 12.1. The molecule has 0 aliphatic rings. The van der Waals surface area contributed by atoms with E-state index in [1.54, 1.807) is 11.3 Å². The van der Waals surface area contributed by atoms with Gasteiger partial charge in [-0.1, -0.05) is 66.7 Å². The molecule has 0 radical (unpaired) electrons. The monoisotopic (exact) mass is 354 g/mol. The molecule has 3 rings (SSSR count). The lowest BCUT2D eigenvalue weighted by Gasteiger charge is -2.18. The first-order valence-corrected chi connectivity index (χ1v) is 10.3. The van der Waals surface area contributed by atoms with Crippen molar-refractivity contribution < 1.29 is 9.53 Å². The van der Waals surface area contributed by atoms with E-state index < -0.39 is 7.92 Å². The Balaban J connectivity index is 1.63. The number of hydrogen-bond acceptors (Lipinski definition) is 3. The number of thiophene rings is 1. The molecule has 1 heterocycles. The fourth-order valence-corrected chi connectivity index (χ4v) is 5.35. The van der Waals surface area contributed by atoms with Crippen LogP contribution in [0, 0.1) is 0 Å². The number of carbonyl (C=O) groups excluding carboxylic acids is 1. The summed E-state index contributed by atoms with van der Waals surface area (Å²) >= 11 is 1.61. The van der Waals surface area contributed by atoms with Gasteiger partial charge in [0.05, 0.1) is 6.42 Å². The molecule has 0 amide bonds. The fourth-order valence-electron chi connectivity index (χ4n) is 2.44. The summed E-state index contributed by atoms with van der Waals surface area (Å²) in [5.74, 6) is -0.122. The molecule has 0 spiro atoms. The molecule has 0 N–H and O–H groups in total. The Morgan fingerprint density at radius 3 is 2.04 bits per heavy atom. The third-order valence-electron chi connectivity index (χ3n) is 3.63. The highest BCUT2D eigenvalue weighted by atomic mass is 32.1. The molecule has 1 aromatic heterocycles. The summed E-state index contributed by atoms with van der Waals surface area (Å²) in [4.78, 5) is 13.2. The molecule has 0 atom stereocenters. The second-order valence-corrected chi connectivity index (χ2v) is 8.68. The van der Waals surface area contributed by atoms with Crippen LogP contribution in [0.4, 0.5) is 0 Å². The van der Waals surface area contributed by atoms with Crippen LogP contribution in [0.2, 0.25) is 0 Å². The van der Waals surface area contributed by atoms with Crippen LogP contribution in [0.3, 0.4) is 0 Å². The van der Waals surface area contributed by atoms with E-state index in [-0.39, 0.29) is 5.97 Å². The highest BCUT2D eigenvalue weighted by molar-refractivity contribution is 7.73. The molecule has 2 aromatic carbocycles. The molecule has 0 unspecified atom stereocenters. The van der Waals surface area contributed by atoms with E-state index >= 15 is 0 Å². The zero-order valence-corrected chi connectivity index (χ0v) is 15.0. The van der Waals surface area contributed by atoms with Gasteiger partial charge in [0.1, 0.15) is 6.61 Å². The molecule has 0 fully saturated rings. The van der Waals surface area contributed by atoms with Crippen LogP contribution in [0.25, 0.3) is 0 Å². The summed E-state index contributed by atoms with van der Waals surface area (Å²) < 4.78 is 5.39. The second kappa shape index (κ2) is 8.77. The Kier molecular flexibility index (Phi) is 6.17. The lowest BCUT2D eigenvalue weighted by Crippen LogP contribution is -2.16. The van der Waals surface area contributed by atoms with Crippen molar-refractivity contribution in [1.82, 2.24) is 0 Å². The summed E-state index contributed by atoms with van der Waals surface area (Å²) in [7, 11) is -0.537. The standard InChI is InChI=1S/C20H19O2PS/c21-20(22-16-19-12-7-15-24-19)13-14-23(17-8-3-1-4-9-17)18-10-5-2-6-11-18/h1-12,15H,13-14,16H2. The third-order valence-corrected chi connectivity index (χ3v) is 6.99. The Bertz CT molecular complexity index is 702. The van der Waals surface area contributed by atoms with E-state index in [1.165, 1.54) is 10.6 Å². The van der Waals surface area contributed by atoms with Crippen LogP contribution in [-0.2, 0) is 16.1 Å². The van der Waals surface area contributed by atoms with Crippen molar-refractivity contribution in [3.63, 3.8) is 0 Å². The minimum absolute atomic E-state index is 0.122. The molecule has 0 bridgehead atoms. The molecule has 3 aromatic rings. The van der Waals surface area contributed by atoms with Crippen molar-refractivity contribution >= 4 is 35.8 Å². The van der Waals surface area contributed by atoms with Crippen molar-refractivity contribution in [1.29, 1.82) is 0 Å². The number of esters is 1. The quantitative estimate of drug-likeness (QED) is 0.467. The van der Waals surface area contributed by atoms with Gasteiger partial charge < -0.3 is 4.74 Å². The van der Waals surface area contributed by atoms with Crippen molar-refractivity contribution in [3.8, 4) is 0 Å².